The van der Waals surface area contributed by atoms with Gasteiger partial charge in [-0.2, -0.15) is 0 Å². The minimum atomic E-state index is 0. The van der Waals surface area contributed by atoms with Gasteiger partial charge in [0.05, 0.1) is 12.3 Å². The molecule has 0 atom stereocenters. The fourth-order valence-corrected chi connectivity index (χ4v) is 3.03. The van der Waals surface area contributed by atoms with E-state index in [1.54, 1.807) is 11.3 Å². The monoisotopic (exact) mass is 360 g/mol. The Bertz CT molecular complexity index is 799. The third-order valence-corrected chi connectivity index (χ3v) is 4.48. The van der Waals surface area contributed by atoms with Gasteiger partial charge in [0, 0.05) is 16.6 Å². The Morgan fingerprint density at radius 1 is 1.04 bits per heavy atom. The Balaban J connectivity index is 0.00000208. The average Bonchev–Trinajstić information content (AvgIpc) is 3.01. The molecule has 0 fully saturated rings. The molecule has 5 heteroatoms. The molecule has 0 spiro atoms. The first kappa shape index (κ1) is 18.3. The molecule has 3 rings (SSSR count). The Morgan fingerprint density at radius 3 is 2.46 bits per heavy atom. The first-order valence-corrected chi connectivity index (χ1v) is 8.56. The van der Waals surface area contributed by atoms with Crippen molar-refractivity contribution in [3.63, 3.8) is 0 Å². The van der Waals surface area contributed by atoms with E-state index in [1.807, 2.05) is 31.2 Å². The molecular formula is C19H21ClN2OS. The molecule has 1 heterocycles. The summed E-state index contributed by atoms with van der Waals surface area (Å²) in [6.45, 7) is 6.91. The Hall–Kier alpha value is -2.04. The number of anilines is 2. The number of nitrogens with one attached hydrogen (secondary N) is 1. The van der Waals surface area contributed by atoms with Crippen LogP contribution >= 0.6 is 23.7 Å². The topological polar surface area (TPSA) is 34.1 Å². The number of hydrogen-bond donors (Lipinski definition) is 1. The lowest BCUT2D eigenvalue weighted by Gasteiger charge is -2.05. The fraction of sp³-hybridized carbons (Fsp3) is 0.211. The summed E-state index contributed by atoms with van der Waals surface area (Å²) < 4.78 is 5.45. The lowest BCUT2D eigenvalue weighted by molar-refractivity contribution is 0.340. The summed E-state index contributed by atoms with van der Waals surface area (Å²) in [6, 6.07) is 14.4. The van der Waals surface area contributed by atoms with E-state index in [4.69, 9.17) is 4.74 Å². The predicted molar refractivity (Wildman–Crippen MR) is 105 cm³/mol. The van der Waals surface area contributed by atoms with E-state index in [2.05, 4.69) is 47.7 Å². The van der Waals surface area contributed by atoms with E-state index in [9.17, 15) is 0 Å². The van der Waals surface area contributed by atoms with Crippen LogP contribution < -0.4 is 10.1 Å². The van der Waals surface area contributed by atoms with Crippen LogP contribution in [-0.4, -0.2) is 11.6 Å². The van der Waals surface area contributed by atoms with E-state index >= 15 is 0 Å². The minimum Gasteiger partial charge on any atom is -0.494 e. The molecule has 0 aliphatic heterocycles. The number of aromatic nitrogens is 1. The normalized spacial score (nSPS) is 10.1. The van der Waals surface area contributed by atoms with E-state index in [0.717, 1.165) is 27.8 Å². The van der Waals surface area contributed by atoms with Gasteiger partial charge in [-0.25, -0.2) is 4.98 Å². The molecule has 2 aromatic carbocycles. The van der Waals surface area contributed by atoms with E-state index in [-0.39, 0.29) is 12.4 Å². The number of thiazole rings is 1. The third kappa shape index (κ3) is 4.28. The van der Waals surface area contributed by atoms with Gasteiger partial charge in [-0.15, -0.1) is 23.7 Å². The fourth-order valence-electron chi connectivity index (χ4n) is 2.29. The molecule has 0 amide bonds. The van der Waals surface area contributed by atoms with Crippen LogP contribution in [0.3, 0.4) is 0 Å². The Morgan fingerprint density at radius 2 is 1.79 bits per heavy atom. The molecule has 1 N–H and O–H groups in total. The summed E-state index contributed by atoms with van der Waals surface area (Å²) >= 11 is 1.61. The second-order valence-electron chi connectivity index (χ2n) is 5.42. The average molecular weight is 361 g/mol. The van der Waals surface area contributed by atoms with Crippen molar-refractivity contribution in [1.82, 2.24) is 4.98 Å². The molecule has 1 aromatic heterocycles. The van der Waals surface area contributed by atoms with Gasteiger partial charge in [0.2, 0.25) is 0 Å². The second-order valence-corrected chi connectivity index (χ2v) is 6.28. The molecule has 3 nitrogen and oxygen atoms in total. The number of aryl methyl sites for hydroxylation is 2. The first-order chi connectivity index (χ1) is 11.2. The zero-order valence-corrected chi connectivity index (χ0v) is 15.6. The molecule has 0 aliphatic carbocycles. The summed E-state index contributed by atoms with van der Waals surface area (Å²) in [5.74, 6) is 0.882. The van der Waals surface area contributed by atoms with Crippen molar-refractivity contribution >= 4 is 34.6 Å². The molecular weight excluding hydrogens is 340 g/mol. The molecule has 3 aromatic rings. The maximum atomic E-state index is 5.45. The molecule has 0 saturated carbocycles. The molecule has 0 radical (unpaired) electrons. The molecule has 0 bridgehead atoms. The zero-order chi connectivity index (χ0) is 16.2. The maximum Gasteiger partial charge on any atom is 0.187 e. The minimum absolute atomic E-state index is 0. The highest BCUT2D eigenvalue weighted by atomic mass is 35.5. The van der Waals surface area contributed by atoms with Crippen molar-refractivity contribution in [2.24, 2.45) is 0 Å². The van der Waals surface area contributed by atoms with Crippen LogP contribution in [0.15, 0.2) is 47.8 Å². The standard InChI is InChI=1S/C19H20N2OS.ClH/c1-4-22-17-9-7-16(8-10-17)20-19-21-18(12-23-19)15-6-5-13(2)14(3)11-15;/h5-12H,4H2,1-3H3,(H,20,21);1H. The number of hydrogen-bond acceptors (Lipinski definition) is 4. The molecule has 24 heavy (non-hydrogen) atoms. The third-order valence-electron chi connectivity index (χ3n) is 3.72. The van der Waals surface area contributed by atoms with Crippen LogP contribution in [0.2, 0.25) is 0 Å². The van der Waals surface area contributed by atoms with Gasteiger partial charge in [0.15, 0.2) is 5.13 Å². The largest absolute Gasteiger partial charge is 0.494 e. The van der Waals surface area contributed by atoms with Gasteiger partial charge >= 0.3 is 0 Å². The van der Waals surface area contributed by atoms with Gasteiger partial charge in [0.25, 0.3) is 0 Å². The number of halogens is 1. The van der Waals surface area contributed by atoms with E-state index in [1.165, 1.54) is 11.1 Å². The molecule has 0 saturated heterocycles. The van der Waals surface area contributed by atoms with Crippen LogP contribution in [0.4, 0.5) is 10.8 Å². The van der Waals surface area contributed by atoms with Crippen LogP contribution in [0.25, 0.3) is 11.3 Å². The quantitative estimate of drug-likeness (QED) is 0.606. The summed E-state index contributed by atoms with van der Waals surface area (Å²) in [5, 5.41) is 6.32. The number of benzene rings is 2. The van der Waals surface area contributed by atoms with Gasteiger partial charge in [0.1, 0.15) is 5.75 Å². The van der Waals surface area contributed by atoms with Crippen molar-refractivity contribution in [3.8, 4) is 17.0 Å². The molecule has 0 aliphatic rings. The van der Waals surface area contributed by atoms with Crippen LogP contribution in [0.5, 0.6) is 5.75 Å². The molecule has 126 valence electrons. The van der Waals surface area contributed by atoms with Crippen LogP contribution in [0.1, 0.15) is 18.1 Å². The van der Waals surface area contributed by atoms with Crippen LogP contribution in [-0.2, 0) is 0 Å². The number of rotatable bonds is 5. The summed E-state index contributed by atoms with van der Waals surface area (Å²) in [4.78, 5) is 4.68. The van der Waals surface area contributed by atoms with Crippen molar-refractivity contribution < 1.29 is 4.74 Å². The number of nitrogens with zero attached hydrogens (tertiary/aromatic N) is 1. The summed E-state index contributed by atoms with van der Waals surface area (Å²) in [6.07, 6.45) is 0. The van der Waals surface area contributed by atoms with Gasteiger partial charge < -0.3 is 10.1 Å². The van der Waals surface area contributed by atoms with E-state index < -0.39 is 0 Å². The maximum absolute atomic E-state index is 5.45. The Kier molecular flexibility index (Phi) is 6.23. The predicted octanol–water partition coefficient (Wildman–Crippen LogP) is 5.99. The first-order valence-electron chi connectivity index (χ1n) is 7.69. The highest BCUT2D eigenvalue weighted by Crippen LogP contribution is 2.28. The van der Waals surface area contributed by atoms with Gasteiger partial charge in [-0.05, 0) is 62.2 Å². The lowest BCUT2D eigenvalue weighted by Crippen LogP contribution is -1.93. The van der Waals surface area contributed by atoms with Crippen molar-refractivity contribution in [2.75, 3.05) is 11.9 Å². The smallest absolute Gasteiger partial charge is 0.187 e. The van der Waals surface area contributed by atoms with Crippen molar-refractivity contribution in [2.45, 2.75) is 20.8 Å². The Labute approximate surface area is 153 Å². The SMILES string of the molecule is CCOc1ccc(Nc2nc(-c3ccc(C)c(C)c3)cs2)cc1.Cl. The lowest BCUT2D eigenvalue weighted by atomic mass is 10.1. The van der Waals surface area contributed by atoms with Crippen molar-refractivity contribution in [1.29, 1.82) is 0 Å². The number of ether oxygens (including phenoxy) is 1. The summed E-state index contributed by atoms with van der Waals surface area (Å²) in [7, 11) is 0. The van der Waals surface area contributed by atoms with E-state index in [0.29, 0.717) is 6.61 Å². The van der Waals surface area contributed by atoms with Gasteiger partial charge in [-0.1, -0.05) is 12.1 Å². The highest BCUT2D eigenvalue weighted by molar-refractivity contribution is 7.14. The molecule has 0 unspecified atom stereocenters. The van der Waals surface area contributed by atoms with Crippen LogP contribution in [0, 0.1) is 13.8 Å². The second kappa shape index (κ2) is 8.18. The summed E-state index contributed by atoms with van der Waals surface area (Å²) in [5.41, 5.74) is 5.76. The highest BCUT2D eigenvalue weighted by Gasteiger charge is 2.06. The van der Waals surface area contributed by atoms with Crippen molar-refractivity contribution in [3.05, 3.63) is 59.0 Å². The zero-order valence-electron chi connectivity index (χ0n) is 14.0. The van der Waals surface area contributed by atoms with Gasteiger partial charge in [-0.3, -0.25) is 0 Å².